The Morgan fingerprint density at radius 3 is 2.38 bits per heavy atom. The average Bonchev–Trinajstić information content (AvgIpc) is 3.04. The van der Waals surface area contributed by atoms with Crippen molar-refractivity contribution in [2.45, 2.75) is 19.5 Å². The standard InChI is InChI=1S/C19H19NO/c1-15-8-5-6-11-17(15)14-20-19(18-12-7-13-21-18)16-9-3-2-4-10-16/h2-13,19-20H,14H2,1H3. The van der Waals surface area contributed by atoms with Crippen LogP contribution >= 0.6 is 0 Å². The van der Waals surface area contributed by atoms with Crippen LogP contribution in [0.1, 0.15) is 28.5 Å². The van der Waals surface area contributed by atoms with Gasteiger partial charge >= 0.3 is 0 Å². The van der Waals surface area contributed by atoms with Gasteiger partial charge in [0.2, 0.25) is 0 Å². The molecule has 0 saturated heterocycles. The number of benzene rings is 2. The van der Waals surface area contributed by atoms with Gasteiger partial charge in [0.1, 0.15) is 5.76 Å². The molecule has 106 valence electrons. The van der Waals surface area contributed by atoms with E-state index in [0.29, 0.717) is 0 Å². The molecule has 21 heavy (non-hydrogen) atoms. The van der Waals surface area contributed by atoms with Crippen molar-refractivity contribution in [1.82, 2.24) is 5.32 Å². The lowest BCUT2D eigenvalue weighted by Gasteiger charge is -2.18. The first-order chi connectivity index (χ1) is 10.3. The van der Waals surface area contributed by atoms with Gasteiger partial charge in [0.05, 0.1) is 12.3 Å². The number of aryl methyl sites for hydroxylation is 1. The van der Waals surface area contributed by atoms with E-state index in [9.17, 15) is 0 Å². The molecule has 3 aromatic rings. The highest BCUT2D eigenvalue weighted by Gasteiger charge is 2.16. The van der Waals surface area contributed by atoms with E-state index in [1.165, 1.54) is 16.7 Å². The van der Waals surface area contributed by atoms with Crippen LogP contribution < -0.4 is 5.32 Å². The van der Waals surface area contributed by atoms with E-state index in [-0.39, 0.29) is 6.04 Å². The molecule has 0 spiro atoms. The first kappa shape index (κ1) is 13.7. The van der Waals surface area contributed by atoms with Gasteiger partial charge in [-0.3, -0.25) is 5.32 Å². The maximum Gasteiger partial charge on any atom is 0.125 e. The van der Waals surface area contributed by atoms with E-state index >= 15 is 0 Å². The first-order valence-corrected chi connectivity index (χ1v) is 7.21. The molecule has 1 atom stereocenters. The summed E-state index contributed by atoms with van der Waals surface area (Å²) in [6, 6.07) is 22.9. The predicted molar refractivity (Wildman–Crippen MR) is 85.0 cm³/mol. The van der Waals surface area contributed by atoms with Crippen molar-refractivity contribution in [3.63, 3.8) is 0 Å². The van der Waals surface area contributed by atoms with Crippen LogP contribution in [0.15, 0.2) is 77.4 Å². The number of furan rings is 1. The average molecular weight is 277 g/mol. The molecule has 0 amide bonds. The zero-order chi connectivity index (χ0) is 14.5. The fraction of sp³-hybridized carbons (Fsp3) is 0.158. The van der Waals surface area contributed by atoms with Crippen molar-refractivity contribution in [3.8, 4) is 0 Å². The number of hydrogen-bond acceptors (Lipinski definition) is 2. The molecule has 2 heteroatoms. The lowest BCUT2D eigenvalue weighted by Crippen LogP contribution is -2.22. The fourth-order valence-electron chi connectivity index (χ4n) is 2.50. The minimum atomic E-state index is 0.0702. The predicted octanol–water partition coefficient (Wildman–Crippen LogP) is 4.47. The van der Waals surface area contributed by atoms with Crippen molar-refractivity contribution < 1.29 is 4.42 Å². The Kier molecular flexibility index (Phi) is 4.17. The minimum Gasteiger partial charge on any atom is -0.467 e. The molecule has 1 aromatic heterocycles. The summed E-state index contributed by atoms with van der Waals surface area (Å²) < 4.78 is 5.61. The van der Waals surface area contributed by atoms with Crippen molar-refractivity contribution in [3.05, 3.63) is 95.4 Å². The van der Waals surface area contributed by atoms with Crippen molar-refractivity contribution in [2.75, 3.05) is 0 Å². The molecule has 0 fully saturated rings. The third-order valence-electron chi connectivity index (χ3n) is 3.72. The Morgan fingerprint density at radius 1 is 0.905 bits per heavy atom. The Bertz CT molecular complexity index is 674. The first-order valence-electron chi connectivity index (χ1n) is 7.21. The maximum atomic E-state index is 5.61. The summed E-state index contributed by atoms with van der Waals surface area (Å²) in [5, 5.41) is 3.60. The highest BCUT2D eigenvalue weighted by atomic mass is 16.3. The second kappa shape index (κ2) is 6.42. The summed E-state index contributed by atoms with van der Waals surface area (Å²) in [6.07, 6.45) is 1.72. The molecule has 1 N–H and O–H groups in total. The second-order valence-electron chi connectivity index (χ2n) is 5.17. The molecular formula is C19H19NO. The van der Waals surface area contributed by atoms with Gasteiger partial charge in [-0.05, 0) is 35.7 Å². The van der Waals surface area contributed by atoms with Crippen LogP contribution in [0.3, 0.4) is 0 Å². The largest absolute Gasteiger partial charge is 0.467 e. The number of rotatable bonds is 5. The van der Waals surface area contributed by atoms with Crippen LogP contribution in [0.25, 0.3) is 0 Å². The molecule has 0 aliphatic rings. The van der Waals surface area contributed by atoms with Crippen LogP contribution in [-0.4, -0.2) is 0 Å². The molecule has 0 saturated carbocycles. The van der Waals surface area contributed by atoms with Crippen molar-refractivity contribution in [2.24, 2.45) is 0 Å². The highest BCUT2D eigenvalue weighted by Crippen LogP contribution is 2.23. The van der Waals surface area contributed by atoms with E-state index in [2.05, 4.69) is 60.8 Å². The fourth-order valence-corrected chi connectivity index (χ4v) is 2.50. The van der Waals surface area contributed by atoms with Gasteiger partial charge in [0, 0.05) is 6.54 Å². The van der Waals surface area contributed by atoms with Gasteiger partial charge in [-0.2, -0.15) is 0 Å². The zero-order valence-corrected chi connectivity index (χ0v) is 12.1. The summed E-state index contributed by atoms with van der Waals surface area (Å²) in [5.74, 6) is 0.940. The summed E-state index contributed by atoms with van der Waals surface area (Å²) in [7, 11) is 0. The molecule has 0 aliphatic heterocycles. The molecule has 3 rings (SSSR count). The van der Waals surface area contributed by atoms with Crippen LogP contribution in [0, 0.1) is 6.92 Å². The molecule has 0 bridgehead atoms. The Hall–Kier alpha value is -2.32. The van der Waals surface area contributed by atoms with Crippen LogP contribution in [0.2, 0.25) is 0 Å². The van der Waals surface area contributed by atoms with E-state index < -0.39 is 0 Å². The maximum absolute atomic E-state index is 5.61. The quantitative estimate of drug-likeness (QED) is 0.744. The van der Waals surface area contributed by atoms with Crippen LogP contribution in [0.5, 0.6) is 0 Å². The molecular weight excluding hydrogens is 258 g/mol. The lowest BCUT2D eigenvalue weighted by molar-refractivity contribution is 0.445. The van der Waals surface area contributed by atoms with Gasteiger partial charge in [-0.25, -0.2) is 0 Å². The lowest BCUT2D eigenvalue weighted by atomic mass is 10.0. The minimum absolute atomic E-state index is 0.0702. The van der Waals surface area contributed by atoms with Crippen LogP contribution in [-0.2, 0) is 6.54 Å². The molecule has 1 unspecified atom stereocenters. The summed E-state index contributed by atoms with van der Waals surface area (Å²) in [4.78, 5) is 0. The zero-order valence-electron chi connectivity index (χ0n) is 12.1. The highest BCUT2D eigenvalue weighted by molar-refractivity contribution is 5.29. The normalized spacial score (nSPS) is 12.2. The third kappa shape index (κ3) is 3.23. The summed E-state index contributed by atoms with van der Waals surface area (Å²) in [6.45, 7) is 2.95. The van der Waals surface area contributed by atoms with Crippen LogP contribution in [0.4, 0.5) is 0 Å². The van der Waals surface area contributed by atoms with Gasteiger partial charge in [-0.15, -0.1) is 0 Å². The summed E-state index contributed by atoms with van der Waals surface area (Å²) in [5.41, 5.74) is 3.82. The van der Waals surface area contributed by atoms with Gasteiger partial charge in [-0.1, -0.05) is 54.6 Å². The monoisotopic (exact) mass is 277 g/mol. The topological polar surface area (TPSA) is 25.2 Å². The smallest absolute Gasteiger partial charge is 0.125 e. The van der Waals surface area contributed by atoms with E-state index in [4.69, 9.17) is 4.42 Å². The van der Waals surface area contributed by atoms with E-state index in [1.54, 1.807) is 6.26 Å². The molecule has 0 aliphatic carbocycles. The molecule has 2 aromatic carbocycles. The number of nitrogens with one attached hydrogen (secondary N) is 1. The molecule has 1 heterocycles. The second-order valence-corrected chi connectivity index (χ2v) is 5.17. The van der Waals surface area contributed by atoms with Gasteiger partial charge in [0.15, 0.2) is 0 Å². The summed E-state index contributed by atoms with van der Waals surface area (Å²) >= 11 is 0. The van der Waals surface area contributed by atoms with Crippen molar-refractivity contribution in [1.29, 1.82) is 0 Å². The van der Waals surface area contributed by atoms with E-state index in [0.717, 1.165) is 12.3 Å². The third-order valence-corrected chi connectivity index (χ3v) is 3.72. The molecule has 2 nitrogen and oxygen atoms in total. The SMILES string of the molecule is Cc1ccccc1CNC(c1ccccc1)c1ccco1. The molecule has 0 radical (unpaired) electrons. The number of hydrogen-bond donors (Lipinski definition) is 1. The van der Waals surface area contributed by atoms with Gasteiger partial charge in [0.25, 0.3) is 0 Å². The van der Waals surface area contributed by atoms with Crippen molar-refractivity contribution >= 4 is 0 Å². The Balaban J connectivity index is 1.82. The van der Waals surface area contributed by atoms with E-state index in [1.807, 2.05) is 18.2 Å². The van der Waals surface area contributed by atoms with Gasteiger partial charge < -0.3 is 4.42 Å². The Morgan fingerprint density at radius 2 is 1.67 bits per heavy atom. The Labute approximate surface area is 125 Å².